The molecule has 0 saturated carbocycles. The Labute approximate surface area is 169 Å². The first kappa shape index (κ1) is 19.0. The van der Waals surface area contributed by atoms with Gasteiger partial charge in [0.25, 0.3) is 0 Å². The van der Waals surface area contributed by atoms with Crippen LogP contribution in [0.15, 0.2) is 30.3 Å². The number of fused-ring (bicyclic) bond motifs is 1. The minimum Gasteiger partial charge on any atom is -0.497 e. The van der Waals surface area contributed by atoms with Crippen LogP contribution in [0.1, 0.15) is 30.2 Å². The van der Waals surface area contributed by atoms with E-state index in [-0.39, 0.29) is 0 Å². The molecule has 0 aliphatic rings. The Morgan fingerprint density at radius 1 is 1.15 bits per heavy atom. The number of hydrogen-bond donors (Lipinski definition) is 1. The summed E-state index contributed by atoms with van der Waals surface area (Å²) in [5, 5.41) is 8.52. The summed E-state index contributed by atoms with van der Waals surface area (Å²) in [6, 6.07) is 11.1. The van der Waals surface area contributed by atoms with Crippen molar-refractivity contribution in [3.63, 3.8) is 0 Å². The normalized spacial score (nSPS) is 12.4. The van der Waals surface area contributed by atoms with E-state index in [0.717, 1.165) is 39.2 Å². The first-order valence-corrected chi connectivity index (χ1v) is 10.5. The van der Waals surface area contributed by atoms with Crippen LogP contribution < -0.4 is 10.1 Å². The van der Waals surface area contributed by atoms with Crippen molar-refractivity contribution in [3.05, 3.63) is 47.2 Å². The summed E-state index contributed by atoms with van der Waals surface area (Å²) in [6.45, 7) is 8.55. The summed E-state index contributed by atoms with van der Waals surface area (Å²) in [6.07, 6.45) is 1.10. The van der Waals surface area contributed by atoms with E-state index < -0.39 is 0 Å². The van der Waals surface area contributed by atoms with Crippen LogP contribution in [0, 0.1) is 20.8 Å². The van der Waals surface area contributed by atoms with Crippen LogP contribution in [0.2, 0.25) is 0 Å². The second-order valence-electron chi connectivity index (χ2n) is 6.76. The number of anilines is 1. The zero-order valence-electron chi connectivity index (χ0n) is 16.1. The van der Waals surface area contributed by atoms with Crippen LogP contribution in [0.4, 0.5) is 5.69 Å². The van der Waals surface area contributed by atoms with E-state index in [1.54, 1.807) is 7.11 Å². The molecule has 1 aromatic carbocycles. The van der Waals surface area contributed by atoms with Crippen molar-refractivity contribution in [2.75, 3.05) is 16.9 Å². The third-order valence-corrected chi connectivity index (χ3v) is 5.84. The molecule has 3 rings (SSSR count). The maximum absolute atomic E-state index is 5.36. The number of nitrogens with zero attached hydrogens (tertiary/aromatic N) is 2. The lowest BCUT2D eigenvalue weighted by Crippen LogP contribution is -2.20. The first-order valence-electron chi connectivity index (χ1n) is 8.96. The van der Waals surface area contributed by atoms with E-state index in [1.165, 1.54) is 16.7 Å². The fourth-order valence-corrected chi connectivity index (χ4v) is 4.17. The van der Waals surface area contributed by atoms with E-state index >= 15 is 0 Å². The van der Waals surface area contributed by atoms with E-state index in [1.807, 2.05) is 6.07 Å². The summed E-state index contributed by atoms with van der Waals surface area (Å²) in [5.41, 5.74) is 8.03. The van der Waals surface area contributed by atoms with Gasteiger partial charge in [0.2, 0.25) is 0 Å². The van der Waals surface area contributed by atoms with Gasteiger partial charge in [0.1, 0.15) is 5.75 Å². The van der Waals surface area contributed by atoms with Crippen molar-refractivity contribution in [2.24, 2.45) is 0 Å². The minimum atomic E-state index is 0.461. The van der Waals surface area contributed by atoms with Crippen LogP contribution in [-0.2, 0) is 0 Å². The minimum absolute atomic E-state index is 0.461. The molecule has 2 heterocycles. The Bertz CT molecular complexity index is 929. The number of nitrogens with one attached hydrogen (secondary N) is 1. The fraction of sp³-hybridized carbons (Fsp3) is 0.381. The van der Waals surface area contributed by atoms with Gasteiger partial charge in [-0.05, 0) is 68.7 Å². The van der Waals surface area contributed by atoms with Crippen molar-refractivity contribution >= 4 is 33.8 Å². The lowest BCUT2D eigenvalue weighted by Gasteiger charge is -2.17. The molecule has 0 bridgehead atoms. The smallest absolute Gasteiger partial charge is 0.119 e. The standard InChI is InChI=1S/C21H26IN3O/c1-6-16(12-22)23-19-11-15(4)24-25-20(19)10-14(3)21(25)18-8-7-17(26-5)9-13(18)2/h7-11,16,23H,6,12H2,1-5H3/t16-/m0/s1. The molecule has 138 valence electrons. The molecule has 0 fully saturated rings. The van der Waals surface area contributed by atoms with Gasteiger partial charge in [-0.1, -0.05) is 29.5 Å². The van der Waals surface area contributed by atoms with Gasteiger partial charge in [0, 0.05) is 16.0 Å². The number of benzene rings is 1. The van der Waals surface area contributed by atoms with Crippen LogP contribution in [0.25, 0.3) is 16.8 Å². The molecule has 1 atom stereocenters. The molecule has 0 amide bonds. The average Bonchev–Trinajstić information content (AvgIpc) is 2.95. The topological polar surface area (TPSA) is 38.6 Å². The van der Waals surface area contributed by atoms with Crippen LogP contribution in [-0.4, -0.2) is 27.2 Å². The van der Waals surface area contributed by atoms with Crippen LogP contribution >= 0.6 is 22.6 Å². The van der Waals surface area contributed by atoms with Gasteiger partial charge in [-0.3, -0.25) is 0 Å². The quantitative estimate of drug-likeness (QED) is 0.384. The summed E-state index contributed by atoms with van der Waals surface area (Å²) < 4.78 is 8.52. The van der Waals surface area contributed by atoms with E-state index in [2.05, 4.69) is 84.4 Å². The Hall–Kier alpha value is -1.76. The van der Waals surface area contributed by atoms with Crippen molar-refractivity contribution in [1.82, 2.24) is 9.61 Å². The van der Waals surface area contributed by atoms with Gasteiger partial charge in [-0.2, -0.15) is 5.10 Å². The van der Waals surface area contributed by atoms with Gasteiger partial charge < -0.3 is 10.1 Å². The molecule has 4 nitrogen and oxygen atoms in total. The molecule has 0 spiro atoms. The van der Waals surface area contributed by atoms with Gasteiger partial charge >= 0.3 is 0 Å². The number of rotatable bonds is 6. The van der Waals surface area contributed by atoms with Gasteiger partial charge in [0.15, 0.2) is 0 Å². The average molecular weight is 463 g/mol. The number of hydrogen-bond acceptors (Lipinski definition) is 3. The van der Waals surface area contributed by atoms with Crippen LogP contribution in [0.5, 0.6) is 5.75 Å². The Morgan fingerprint density at radius 2 is 1.92 bits per heavy atom. The van der Waals surface area contributed by atoms with Crippen molar-refractivity contribution in [1.29, 1.82) is 0 Å². The number of ether oxygens (including phenoxy) is 1. The maximum Gasteiger partial charge on any atom is 0.119 e. The molecule has 5 heteroatoms. The predicted octanol–water partition coefficient (Wildman–Crippen LogP) is 5.56. The number of methoxy groups -OCH3 is 1. The third kappa shape index (κ3) is 3.54. The predicted molar refractivity (Wildman–Crippen MR) is 118 cm³/mol. The molecule has 0 radical (unpaired) electrons. The molecule has 2 aromatic heterocycles. The van der Waals surface area contributed by atoms with Crippen molar-refractivity contribution in [2.45, 2.75) is 40.2 Å². The Morgan fingerprint density at radius 3 is 2.54 bits per heavy atom. The molecule has 1 N–H and O–H groups in total. The highest BCUT2D eigenvalue weighted by molar-refractivity contribution is 14.1. The number of halogens is 1. The molecule has 0 aliphatic carbocycles. The Kier molecular flexibility index (Phi) is 5.75. The van der Waals surface area contributed by atoms with E-state index in [9.17, 15) is 0 Å². The van der Waals surface area contributed by atoms with Gasteiger partial charge in [0.05, 0.1) is 29.7 Å². The third-order valence-electron chi connectivity index (χ3n) is 4.78. The number of aromatic nitrogens is 2. The summed E-state index contributed by atoms with van der Waals surface area (Å²) in [5.74, 6) is 0.879. The Balaban J connectivity index is 2.19. The summed E-state index contributed by atoms with van der Waals surface area (Å²) in [7, 11) is 1.70. The molecular weight excluding hydrogens is 437 g/mol. The van der Waals surface area contributed by atoms with Crippen molar-refractivity contribution < 1.29 is 4.74 Å². The molecule has 0 aliphatic heterocycles. The highest BCUT2D eigenvalue weighted by Gasteiger charge is 2.17. The monoisotopic (exact) mass is 463 g/mol. The summed E-state index contributed by atoms with van der Waals surface area (Å²) >= 11 is 2.44. The highest BCUT2D eigenvalue weighted by atomic mass is 127. The van der Waals surface area contributed by atoms with Gasteiger partial charge in [-0.15, -0.1) is 0 Å². The number of aryl methyl sites for hydroxylation is 3. The molecule has 0 saturated heterocycles. The zero-order chi connectivity index (χ0) is 18.8. The summed E-state index contributed by atoms with van der Waals surface area (Å²) in [4.78, 5) is 0. The molecular formula is C21H26IN3O. The fourth-order valence-electron chi connectivity index (χ4n) is 3.33. The molecule has 3 aromatic rings. The van der Waals surface area contributed by atoms with Crippen LogP contribution in [0.3, 0.4) is 0 Å². The van der Waals surface area contributed by atoms with Crippen molar-refractivity contribution in [3.8, 4) is 17.0 Å². The molecule has 0 unspecified atom stereocenters. The zero-order valence-corrected chi connectivity index (χ0v) is 18.2. The van der Waals surface area contributed by atoms with Gasteiger partial charge in [-0.25, -0.2) is 4.52 Å². The lowest BCUT2D eigenvalue weighted by atomic mass is 10.0. The SMILES string of the molecule is CC[C@@H](CI)Nc1cc(C)nn2c(-c3ccc(OC)cc3C)c(C)cc12. The largest absolute Gasteiger partial charge is 0.497 e. The number of alkyl halides is 1. The highest BCUT2D eigenvalue weighted by Crippen LogP contribution is 2.33. The molecule has 26 heavy (non-hydrogen) atoms. The van der Waals surface area contributed by atoms with E-state index in [0.29, 0.717) is 6.04 Å². The second kappa shape index (κ2) is 7.86. The van der Waals surface area contributed by atoms with E-state index in [4.69, 9.17) is 9.84 Å². The second-order valence-corrected chi connectivity index (χ2v) is 7.64. The lowest BCUT2D eigenvalue weighted by molar-refractivity contribution is 0.414. The first-order chi connectivity index (χ1) is 12.5. The maximum atomic E-state index is 5.36.